The molecule has 16 nitrogen and oxygen atoms in total. The van der Waals surface area contributed by atoms with E-state index >= 15 is 0 Å². The maximum absolute atomic E-state index is 13.7. The molecule has 0 saturated carbocycles. The van der Waals surface area contributed by atoms with Crippen molar-refractivity contribution < 1.29 is 26.4 Å². The van der Waals surface area contributed by atoms with Crippen LogP contribution < -0.4 is 9.44 Å². The lowest BCUT2D eigenvalue weighted by atomic mass is 10.0. The number of aromatic amines is 2. The zero-order valence-electron chi connectivity index (χ0n) is 34.4. The highest BCUT2D eigenvalue weighted by Gasteiger charge is 2.40. The second-order valence-corrected chi connectivity index (χ2v) is 20.0. The number of carbonyl (C=O) groups is 2. The lowest BCUT2D eigenvalue weighted by Gasteiger charge is -2.30. The van der Waals surface area contributed by atoms with Gasteiger partial charge in [0.15, 0.2) is 0 Å². The standard InChI is InChI=1S/C40H56N10O6S2/c1-25(2)35(45-57(53,54)47(5)6)39(51)49-21-9-11-33(49)37-41-23-31(43-37)29-17-13-27(14-18-29)28-15-19-30(20-16-28)32-24-42-38(44-32)34-12-10-22-50(34)40(52)36(26(3)4)46-58(55,56)48(7)8/h13-20,23-26,33-36,45-46H,9-12,21-22H2,1-8H3,(H,41,43)(H,42,44)/t33?,34?,35-,36-/m0/s1. The second kappa shape index (κ2) is 17.4. The van der Waals surface area contributed by atoms with Gasteiger partial charge in [0.1, 0.15) is 23.7 Å². The fourth-order valence-electron chi connectivity index (χ4n) is 7.45. The van der Waals surface area contributed by atoms with Crippen LogP contribution in [0.15, 0.2) is 60.9 Å². The smallest absolute Gasteiger partial charge is 0.279 e. The Morgan fingerprint density at radius 3 is 1.26 bits per heavy atom. The Morgan fingerprint density at radius 1 is 0.621 bits per heavy atom. The van der Waals surface area contributed by atoms with Gasteiger partial charge in [-0.3, -0.25) is 9.59 Å². The maximum atomic E-state index is 13.7. The monoisotopic (exact) mass is 836 g/mol. The van der Waals surface area contributed by atoms with Crippen LogP contribution in [0.25, 0.3) is 33.6 Å². The second-order valence-electron chi connectivity index (χ2n) is 16.2. The molecule has 2 aromatic carbocycles. The zero-order chi connectivity index (χ0) is 42.1. The molecule has 0 radical (unpaired) electrons. The third kappa shape index (κ3) is 9.21. The van der Waals surface area contributed by atoms with Gasteiger partial charge in [-0.05, 0) is 59.8 Å². The Morgan fingerprint density at radius 2 is 0.948 bits per heavy atom. The minimum Gasteiger partial charge on any atom is -0.340 e. The van der Waals surface area contributed by atoms with Gasteiger partial charge in [-0.1, -0.05) is 76.2 Å². The highest BCUT2D eigenvalue weighted by Crippen LogP contribution is 2.35. The van der Waals surface area contributed by atoms with Gasteiger partial charge in [-0.15, -0.1) is 0 Å². The fourth-order valence-corrected chi connectivity index (χ4v) is 9.26. The van der Waals surface area contributed by atoms with E-state index in [1.165, 1.54) is 28.2 Å². The van der Waals surface area contributed by atoms with Gasteiger partial charge >= 0.3 is 0 Å². The Bertz CT molecular complexity index is 2130. The number of aromatic nitrogens is 4. The van der Waals surface area contributed by atoms with Gasteiger partial charge in [0, 0.05) is 41.3 Å². The highest BCUT2D eigenvalue weighted by atomic mass is 32.2. The van der Waals surface area contributed by atoms with Crippen LogP contribution >= 0.6 is 0 Å². The van der Waals surface area contributed by atoms with E-state index in [1.54, 1.807) is 22.2 Å². The lowest BCUT2D eigenvalue weighted by Crippen LogP contribution is -2.53. The number of nitrogens with zero attached hydrogens (tertiary/aromatic N) is 6. The molecule has 2 saturated heterocycles. The van der Waals surface area contributed by atoms with Crippen molar-refractivity contribution >= 4 is 32.2 Å². The quantitative estimate of drug-likeness (QED) is 0.136. The number of nitrogens with one attached hydrogen (secondary N) is 4. The van der Waals surface area contributed by atoms with Crippen LogP contribution in [0.1, 0.15) is 77.1 Å². The van der Waals surface area contributed by atoms with Crippen molar-refractivity contribution in [3.05, 3.63) is 72.6 Å². The largest absolute Gasteiger partial charge is 0.340 e. The normalized spacial score (nSPS) is 18.9. The molecule has 4 N–H and O–H groups in total. The van der Waals surface area contributed by atoms with Gasteiger partial charge in [-0.25, -0.2) is 9.97 Å². The molecule has 2 aliphatic rings. The van der Waals surface area contributed by atoms with Crippen molar-refractivity contribution in [1.82, 2.24) is 47.8 Å². The molecular weight excluding hydrogens is 781 g/mol. The van der Waals surface area contributed by atoms with Crippen molar-refractivity contribution in [3.63, 3.8) is 0 Å². The molecule has 4 heterocycles. The molecule has 4 aromatic rings. The van der Waals surface area contributed by atoms with E-state index in [4.69, 9.17) is 0 Å². The van der Waals surface area contributed by atoms with Crippen LogP contribution in [0.5, 0.6) is 0 Å². The summed E-state index contributed by atoms with van der Waals surface area (Å²) in [6.07, 6.45) is 6.55. The first-order chi connectivity index (χ1) is 27.4. The summed E-state index contributed by atoms with van der Waals surface area (Å²) in [5.74, 6) is 0.312. The van der Waals surface area contributed by atoms with Crippen molar-refractivity contribution in [2.45, 2.75) is 77.5 Å². The molecular formula is C40H56N10O6S2. The topological polar surface area (TPSA) is 197 Å². The average Bonchev–Trinajstić information content (AvgIpc) is 4.02. The number of H-pyrrole nitrogens is 2. The van der Waals surface area contributed by atoms with Crippen LogP contribution in [-0.4, -0.2) is 120 Å². The summed E-state index contributed by atoms with van der Waals surface area (Å²) in [6.45, 7) is 8.35. The number of imidazole rings is 2. The summed E-state index contributed by atoms with van der Waals surface area (Å²) >= 11 is 0. The van der Waals surface area contributed by atoms with Crippen LogP contribution in [0.4, 0.5) is 0 Å². The Kier molecular flexibility index (Phi) is 12.9. The first-order valence-electron chi connectivity index (χ1n) is 19.7. The number of hydrogen-bond acceptors (Lipinski definition) is 8. The molecule has 58 heavy (non-hydrogen) atoms. The Hall–Kier alpha value is -4.46. The SMILES string of the molecule is CC(C)[C@H](NS(=O)(=O)N(C)C)C(=O)N1CCCC1c1ncc(-c2ccc(-c3ccc(-c4cnc(C5CCCN5C(=O)[C@@H](NS(=O)(=O)N(C)C)C(C)C)[nH]4)cc3)cc2)[nH]1. The Balaban J connectivity index is 1.11. The van der Waals surface area contributed by atoms with Crippen LogP contribution in [0, 0.1) is 11.8 Å². The predicted octanol–water partition coefficient (Wildman–Crippen LogP) is 4.30. The van der Waals surface area contributed by atoms with E-state index in [1.807, 2.05) is 76.2 Å². The van der Waals surface area contributed by atoms with Crippen LogP contribution in [0.2, 0.25) is 0 Å². The van der Waals surface area contributed by atoms with Gasteiger partial charge in [-0.2, -0.15) is 34.9 Å². The van der Waals surface area contributed by atoms with Gasteiger partial charge in [0.25, 0.3) is 20.4 Å². The maximum Gasteiger partial charge on any atom is 0.279 e. The average molecular weight is 837 g/mol. The molecule has 0 spiro atoms. The molecule has 314 valence electrons. The van der Waals surface area contributed by atoms with E-state index in [0.717, 1.165) is 67.9 Å². The highest BCUT2D eigenvalue weighted by molar-refractivity contribution is 7.87. The number of amides is 2. The number of benzene rings is 2. The third-order valence-electron chi connectivity index (χ3n) is 11.0. The van der Waals surface area contributed by atoms with E-state index in [0.29, 0.717) is 24.7 Å². The number of hydrogen-bond donors (Lipinski definition) is 4. The predicted molar refractivity (Wildman–Crippen MR) is 223 cm³/mol. The number of rotatable bonds is 15. The van der Waals surface area contributed by atoms with Crippen LogP contribution in [0.3, 0.4) is 0 Å². The molecule has 0 aliphatic carbocycles. The molecule has 4 atom stereocenters. The molecule has 0 bridgehead atoms. The summed E-state index contributed by atoms with van der Waals surface area (Å²) in [7, 11) is -1.89. The van der Waals surface area contributed by atoms with E-state index in [-0.39, 0.29) is 35.7 Å². The molecule has 2 fully saturated rings. The van der Waals surface area contributed by atoms with E-state index in [2.05, 4.69) is 29.4 Å². The summed E-state index contributed by atoms with van der Waals surface area (Å²) in [5, 5.41) is 0. The van der Waals surface area contributed by atoms with Crippen molar-refractivity contribution in [1.29, 1.82) is 0 Å². The minimum absolute atomic E-state index is 0.248. The number of likely N-dealkylation sites (tertiary alicyclic amines) is 2. The van der Waals surface area contributed by atoms with E-state index in [9.17, 15) is 26.4 Å². The number of carbonyl (C=O) groups excluding carboxylic acids is 2. The summed E-state index contributed by atoms with van der Waals surface area (Å²) in [6, 6.07) is 13.9. The summed E-state index contributed by atoms with van der Waals surface area (Å²) in [4.78, 5) is 47.0. The van der Waals surface area contributed by atoms with Gasteiger partial charge < -0.3 is 19.8 Å². The first-order valence-corrected chi connectivity index (χ1v) is 22.6. The minimum atomic E-state index is -3.80. The zero-order valence-corrected chi connectivity index (χ0v) is 36.1. The van der Waals surface area contributed by atoms with Crippen molar-refractivity contribution in [2.75, 3.05) is 41.3 Å². The fraction of sp³-hybridized carbons (Fsp3) is 0.500. The lowest BCUT2D eigenvalue weighted by molar-refractivity contribution is -0.135. The van der Waals surface area contributed by atoms with E-state index < -0.39 is 32.5 Å². The van der Waals surface area contributed by atoms with Gasteiger partial charge in [0.2, 0.25) is 11.8 Å². The molecule has 2 aromatic heterocycles. The summed E-state index contributed by atoms with van der Waals surface area (Å²) in [5.41, 5.74) is 5.56. The van der Waals surface area contributed by atoms with Crippen molar-refractivity contribution in [3.8, 4) is 33.6 Å². The third-order valence-corrected chi connectivity index (χ3v) is 14.0. The van der Waals surface area contributed by atoms with Crippen molar-refractivity contribution in [2.24, 2.45) is 11.8 Å². The molecule has 2 aliphatic heterocycles. The van der Waals surface area contributed by atoms with Gasteiger partial charge in [0.05, 0.1) is 35.9 Å². The van der Waals surface area contributed by atoms with Crippen LogP contribution in [-0.2, 0) is 30.0 Å². The first kappa shape index (κ1) is 43.1. The molecule has 2 unspecified atom stereocenters. The molecule has 18 heteroatoms. The molecule has 6 rings (SSSR count). The summed E-state index contributed by atoms with van der Waals surface area (Å²) < 4.78 is 57.7. The molecule has 2 amide bonds. The Labute approximate surface area is 342 Å².